The number of methoxy groups -OCH3 is 1. The average molecular weight is 518 g/mol. The molecule has 9 heteroatoms. The summed E-state index contributed by atoms with van der Waals surface area (Å²) in [6.45, 7) is 1.07. The maximum absolute atomic E-state index is 12.4. The number of ether oxygens (including phenoxy) is 3. The van der Waals surface area contributed by atoms with Crippen molar-refractivity contribution in [3.63, 3.8) is 0 Å². The number of amides is 1. The molecule has 0 aliphatic rings. The molecular weight excluding hydrogens is 490 g/mol. The van der Waals surface area contributed by atoms with Crippen LogP contribution in [-0.4, -0.2) is 49.2 Å². The fraction of sp³-hybridized carbons (Fsp3) is 0.207. The predicted molar refractivity (Wildman–Crippen MR) is 138 cm³/mol. The molecule has 9 nitrogen and oxygen atoms in total. The molecule has 38 heavy (non-hydrogen) atoms. The summed E-state index contributed by atoms with van der Waals surface area (Å²) in [7, 11) is 1.51. The number of nitrogens with one attached hydrogen (secondary N) is 1. The Morgan fingerprint density at radius 3 is 2.03 bits per heavy atom. The van der Waals surface area contributed by atoms with Gasteiger partial charge in [-0.1, -0.05) is 30.3 Å². The second-order valence-electron chi connectivity index (χ2n) is 8.22. The topological polar surface area (TPSA) is 125 Å². The van der Waals surface area contributed by atoms with E-state index >= 15 is 0 Å². The van der Waals surface area contributed by atoms with Crippen LogP contribution in [0.15, 0.2) is 78.9 Å². The Labute approximate surface area is 219 Å². The van der Waals surface area contributed by atoms with Crippen molar-refractivity contribution in [1.29, 1.82) is 0 Å². The molecule has 0 bridgehead atoms. The minimum atomic E-state index is -0.962. The number of carbonyl (C=O) groups is 5. The van der Waals surface area contributed by atoms with E-state index < -0.39 is 30.6 Å². The minimum Gasteiger partial charge on any atom is -0.497 e. The first-order valence-corrected chi connectivity index (χ1v) is 11.8. The number of esters is 2. The van der Waals surface area contributed by atoms with Gasteiger partial charge in [-0.15, -0.1) is 0 Å². The predicted octanol–water partition coefficient (Wildman–Crippen LogP) is 4.27. The molecule has 1 amide bonds. The van der Waals surface area contributed by atoms with Gasteiger partial charge >= 0.3 is 11.9 Å². The lowest BCUT2D eigenvalue weighted by Crippen LogP contribution is -2.24. The molecule has 0 saturated heterocycles. The van der Waals surface area contributed by atoms with E-state index in [0.29, 0.717) is 22.6 Å². The lowest BCUT2D eigenvalue weighted by atomic mass is 10.1. The molecule has 0 aliphatic carbocycles. The zero-order chi connectivity index (χ0) is 27.5. The van der Waals surface area contributed by atoms with Crippen LogP contribution in [0.4, 0.5) is 5.69 Å². The summed E-state index contributed by atoms with van der Waals surface area (Å²) in [6.07, 6.45) is -1.33. The van der Waals surface area contributed by atoms with Crippen molar-refractivity contribution in [3.05, 3.63) is 95.6 Å². The van der Waals surface area contributed by atoms with Gasteiger partial charge in [0.2, 0.25) is 11.7 Å². The lowest BCUT2D eigenvalue weighted by molar-refractivity contribution is -0.143. The smallest absolute Gasteiger partial charge is 0.338 e. The maximum atomic E-state index is 12.4. The molecule has 196 valence electrons. The Bertz CT molecular complexity index is 1280. The zero-order valence-electron chi connectivity index (χ0n) is 21.0. The van der Waals surface area contributed by atoms with Crippen molar-refractivity contribution in [2.24, 2.45) is 0 Å². The molecule has 3 aromatic carbocycles. The van der Waals surface area contributed by atoms with E-state index in [-0.39, 0.29) is 30.0 Å². The highest BCUT2D eigenvalue weighted by Gasteiger charge is 2.20. The van der Waals surface area contributed by atoms with Gasteiger partial charge in [-0.05, 0) is 55.5 Å². The first kappa shape index (κ1) is 27.8. The SMILES string of the molecule is COc1ccc(C(=O)COC(=O)CCC(=O)Nc2ccc(C(=O)O[C@H](C)C(=O)c3ccccc3)cc2)cc1. The van der Waals surface area contributed by atoms with Crippen LogP contribution in [-0.2, 0) is 19.1 Å². The van der Waals surface area contributed by atoms with Crippen LogP contribution in [0.3, 0.4) is 0 Å². The third-order valence-electron chi connectivity index (χ3n) is 5.45. The van der Waals surface area contributed by atoms with Crippen molar-refractivity contribution in [2.45, 2.75) is 25.9 Å². The summed E-state index contributed by atoms with van der Waals surface area (Å²) in [5.41, 5.74) is 1.43. The fourth-order valence-corrected chi connectivity index (χ4v) is 3.33. The van der Waals surface area contributed by atoms with Gasteiger partial charge in [0.1, 0.15) is 5.75 Å². The third kappa shape index (κ3) is 8.12. The number of benzene rings is 3. The van der Waals surface area contributed by atoms with Crippen LogP contribution in [0, 0.1) is 0 Å². The van der Waals surface area contributed by atoms with Gasteiger partial charge < -0.3 is 19.5 Å². The number of hydrogen-bond donors (Lipinski definition) is 1. The Balaban J connectivity index is 1.40. The Morgan fingerprint density at radius 1 is 0.763 bits per heavy atom. The van der Waals surface area contributed by atoms with Gasteiger partial charge in [0.05, 0.1) is 19.1 Å². The summed E-state index contributed by atoms with van der Waals surface area (Å²) in [5.74, 6) is -1.88. The van der Waals surface area contributed by atoms with E-state index in [4.69, 9.17) is 14.2 Å². The van der Waals surface area contributed by atoms with E-state index in [9.17, 15) is 24.0 Å². The standard InChI is InChI=1S/C29H27NO8/c1-19(28(34)21-6-4-3-5-7-21)38-29(35)22-8-12-23(13-9-22)30-26(32)16-17-27(33)37-18-25(31)20-10-14-24(36-2)15-11-20/h3-15,19H,16-18H2,1-2H3,(H,30,32)/t19-/m1/s1. The van der Waals surface area contributed by atoms with E-state index in [1.165, 1.54) is 38.3 Å². The zero-order valence-corrected chi connectivity index (χ0v) is 21.0. The van der Waals surface area contributed by atoms with Crippen molar-refractivity contribution in [3.8, 4) is 5.75 Å². The molecule has 0 spiro atoms. The summed E-state index contributed by atoms with van der Waals surface area (Å²) < 4.78 is 15.2. The molecule has 0 heterocycles. The number of anilines is 1. The second kappa shape index (κ2) is 13.5. The highest BCUT2D eigenvalue weighted by atomic mass is 16.5. The molecule has 0 unspecified atom stereocenters. The van der Waals surface area contributed by atoms with Crippen molar-refractivity contribution >= 4 is 35.1 Å². The van der Waals surface area contributed by atoms with Gasteiger partial charge in [-0.2, -0.15) is 0 Å². The number of Topliss-reactive ketones (excluding diaryl/α,β-unsaturated/α-hetero) is 2. The van der Waals surface area contributed by atoms with Crippen LogP contribution in [0.1, 0.15) is 50.8 Å². The van der Waals surface area contributed by atoms with Gasteiger partial charge in [0.25, 0.3) is 0 Å². The first-order chi connectivity index (χ1) is 18.3. The third-order valence-corrected chi connectivity index (χ3v) is 5.45. The molecule has 0 fully saturated rings. The molecule has 3 rings (SSSR count). The highest BCUT2D eigenvalue weighted by Crippen LogP contribution is 2.14. The van der Waals surface area contributed by atoms with Crippen LogP contribution in [0.5, 0.6) is 5.75 Å². The summed E-state index contributed by atoms with van der Waals surface area (Å²) in [6, 6.07) is 20.8. The average Bonchev–Trinajstić information content (AvgIpc) is 2.95. The fourth-order valence-electron chi connectivity index (χ4n) is 3.33. The van der Waals surface area contributed by atoms with E-state index in [1.807, 2.05) is 0 Å². The van der Waals surface area contributed by atoms with Gasteiger partial charge in [-0.3, -0.25) is 19.2 Å². The van der Waals surface area contributed by atoms with Crippen LogP contribution >= 0.6 is 0 Å². The molecule has 0 radical (unpaired) electrons. The molecule has 3 aromatic rings. The summed E-state index contributed by atoms with van der Waals surface area (Å²) in [5, 5.41) is 2.61. The van der Waals surface area contributed by atoms with E-state index in [2.05, 4.69) is 5.32 Å². The Morgan fingerprint density at radius 2 is 1.39 bits per heavy atom. The lowest BCUT2D eigenvalue weighted by Gasteiger charge is -2.12. The second-order valence-corrected chi connectivity index (χ2v) is 8.22. The van der Waals surface area contributed by atoms with Crippen LogP contribution < -0.4 is 10.1 Å². The molecule has 0 aliphatic heterocycles. The number of hydrogen-bond acceptors (Lipinski definition) is 8. The molecule has 1 N–H and O–H groups in total. The van der Waals surface area contributed by atoms with Crippen molar-refractivity contribution in [1.82, 2.24) is 0 Å². The quantitative estimate of drug-likeness (QED) is 0.279. The van der Waals surface area contributed by atoms with Crippen molar-refractivity contribution in [2.75, 3.05) is 19.0 Å². The van der Waals surface area contributed by atoms with E-state index in [1.54, 1.807) is 54.6 Å². The van der Waals surface area contributed by atoms with Gasteiger partial charge in [0, 0.05) is 23.2 Å². The van der Waals surface area contributed by atoms with Crippen LogP contribution in [0.2, 0.25) is 0 Å². The monoisotopic (exact) mass is 517 g/mol. The maximum Gasteiger partial charge on any atom is 0.338 e. The highest BCUT2D eigenvalue weighted by molar-refractivity contribution is 6.01. The Kier molecular flexibility index (Phi) is 9.87. The number of rotatable bonds is 12. The number of carbonyl (C=O) groups excluding carboxylic acids is 5. The molecule has 1 atom stereocenters. The number of ketones is 2. The van der Waals surface area contributed by atoms with Gasteiger partial charge in [-0.25, -0.2) is 4.79 Å². The van der Waals surface area contributed by atoms with Crippen LogP contribution in [0.25, 0.3) is 0 Å². The first-order valence-electron chi connectivity index (χ1n) is 11.8. The van der Waals surface area contributed by atoms with Gasteiger partial charge in [0.15, 0.2) is 18.5 Å². The Hall–Kier alpha value is -4.79. The largest absolute Gasteiger partial charge is 0.497 e. The molecule has 0 aromatic heterocycles. The molecule has 0 saturated carbocycles. The minimum absolute atomic E-state index is 0.154. The van der Waals surface area contributed by atoms with Crippen molar-refractivity contribution < 1.29 is 38.2 Å². The molecular formula is C29H27NO8. The summed E-state index contributed by atoms with van der Waals surface area (Å²) >= 11 is 0. The normalized spacial score (nSPS) is 11.1. The van der Waals surface area contributed by atoms with E-state index in [0.717, 1.165) is 0 Å². The summed E-state index contributed by atoms with van der Waals surface area (Å²) in [4.78, 5) is 61.0.